The van der Waals surface area contributed by atoms with E-state index in [1.807, 2.05) is 0 Å². The van der Waals surface area contributed by atoms with Gasteiger partial charge in [-0.2, -0.15) is 13.2 Å². The molecule has 0 heterocycles. The van der Waals surface area contributed by atoms with E-state index in [1.165, 1.54) is 6.07 Å². The molecule has 16 heavy (non-hydrogen) atoms. The van der Waals surface area contributed by atoms with Gasteiger partial charge in [0.15, 0.2) is 0 Å². The Morgan fingerprint density at radius 3 is 2.44 bits per heavy atom. The summed E-state index contributed by atoms with van der Waals surface area (Å²) in [7, 11) is 0. The zero-order chi connectivity index (χ0) is 12.3. The largest absolute Gasteiger partial charge is 0.419 e. The number of alkyl halides is 3. The lowest BCUT2D eigenvalue weighted by Crippen LogP contribution is -2.11. The minimum absolute atomic E-state index is 0.0889. The number of hydrogen-bond donors (Lipinski definition) is 1. The predicted octanol–water partition coefficient (Wildman–Crippen LogP) is 2.54. The molecule has 0 saturated heterocycles. The molecule has 0 radical (unpaired) electrons. The molecule has 0 spiro atoms. The summed E-state index contributed by atoms with van der Waals surface area (Å²) in [6, 6.07) is 2.15. The Morgan fingerprint density at radius 2 is 1.94 bits per heavy atom. The Hall–Kier alpha value is -1.54. The molecule has 0 aliphatic heterocycles. The number of rotatable bonds is 0. The average molecular weight is 231 g/mol. The molecule has 5 heteroatoms. The van der Waals surface area contributed by atoms with Crippen molar-refractivity contribution in [2.45, 2.75) is 19.1 Å². The standard InChI is InChI=1S/C11H9F4N/c1-7(16)2-3-8-4-5-10(12)9(6-8)11(13,14)15/h4-7H,16H2,1H3. The Morgan fingerprint density at radius 1 is 1.31 bits per heavy atom. The van der Waals surface area contributed by atoms with Crippen LogP contribution in [0.3, 0.4) is 0 Å². The summed E-state index contributed by atoms with van der Waals surface area (Å²) in [6.45, 7) is 1.60. The van der Waals surface area contributed by atoms with Crippen molar-refractivity contribution in [3.8, 4) is 11.8 Å². The fourth-order valence-corrected chi connectivity index (χ4v) is 1.02. The highest BCUT2D eigenvalue weighted by atomic mass is 19.4. The molecule has 1 atom stereocenters. The van der Waals surface area contributed by atoms with E-state index in [0.717, 1.165) is 6.07 Å². The van der Waals surface area contributed by atoms with Gasteiger partial charge >= 0.3 is 6.18 Å². The molecule has 1 aromatic rings. The van der Waals surface area contributed by atoms with E-state index in [1.54, 1.807) is 6.92 Å². The van der Waals surface area contributed by atoms with Gasteiger partial charge in [-0.3, -0.25) is 0 Å². The first kappa shape index (κ1) is 12.5. The average Bonchev–Trinajstić information content (AvgIpc) is 2.14. The number of hydrogen-bond acceptors (Lipinski definition) is 1. The molecular formula is C11H9F4N. The minimum Gasteiger partial charge on any atom is -0.318 e. The minimum atomic E-state index is -4.71. The molecular weight excluding hydrogens is 222 g/mol. The van der Waals surface area contributed by atoms with E-state index in [2.05, 4.69) is 11.8 Å². The van der Waals surface area contributed by atoms with Gasteiger partial charge in [0.25, 0.3) is 0 Å². The third-order valence-corrected chi connectivity index (χ3v) is 1.72. The second-order valence-corrected chi connectivity index (χ2v) is 3.25. The second-order valence-electron chi connectivity index (χ2n) is 3.25. The van der Waals surface area contributed by atoms with E-state index in [-0.39, 0.29) is 5.56 Å². The summed E-state index contributed by atoms with van der Waals surface area (Å²) in [5.74, 6) is 3.63. The number of halogens is 4. The lowest BCUT2D eigenvalue weighted by Gasteiger charge is -2.07. The molecule has 2 N–H and O–H groups in total. The number of nitrogens with two attached hydrogens (primary N) is 1. The second kappa shape index (κ2) is 4.54. The molecule has 86 valence electrons. The first-order valence-corrected chi connectivity index (χ1v) is 4.44. The smallest absolute Gasteiger partial charge is 0.318 e. The van der Waals surface area contributed by atoms with Crippen LogP contribution in [0, 0.1) is 17.7 Å². The third kappa shape index (κ3) is 3.24. The van der Waals surface area contributed by atoms with Crippen molar-refractivity contribution in [2.75, 3.05) is 0 Å². The molecule has 1 unspecified atom stereocenters. The van der Waals surface area contributed by atoms with Gasteiger partial charge in [-0.05, 0) is 25.1 Å². The molecule has 0 fully saturated rings. The lowest BCUT2D eigenvalue weighted by molar-refractivity contribution is -0.140. The summed E-state index contributed by atoms with van der Waals surface area (Å²) in [5.41, 5.74) is 4.10. The third-order valence-electron chi connectivity index (χ3n) is 1.72. The van der Waals surface area contributed by atoms with Crippen LogP contribution in [0.4, 0.5) is 17.6 Å². The van der Waals surface area contributed by atoms with Gasteiger partial charge in [0.05, 0.1) is 11.6 Å². The molecule has 1 aromatic carbocycles. The van der Waals surface area contributed by atoms with E-state index in [9.17, 15) is 17.6 Å². The highest BCUT2D eigenvalue weighted by Crippen LogP contribution is 2.31. The molecule has 0 aliphatic rings. The van der Waals surface area contributed by atoms with Crippen LogP contribution in [0.5, 0.6) is 0 Å². The molecule has 0 aliphatic carbocycles. The Kier molecular flexibility index (Phi) is 3.55. The summed E-state index contributed by atoms with van der Waals surface area (Å²) in [5, 5.41) is 0. The zero-order valence-corrected chi connectivity index (χ0v) is 8.40. The number of benzene rings is 1. The Balaban J connectivity index is 3.15. The van der Waals surface area contributed by atoms with Gasteiger partial charge < -0.3 is 5.73 Å². The first-order chi connectivity index (χ1) is 7.30. The van der Waals surface area contributed by atoms with Crippen molar-refractivity contribution in [3.63, 3.8) is 0 Å². The van der Waals surface area contributed by atoms with Gasteiger partial charge in [0.2, 0.25) is 0 Å². The van der Waals surface area contributed by atoms with Gasteiger partial charge in [-0.25, -0.2) is 4.39 Å². The molecule has 0 bridgehead atoms. The fourth-order valence-electron chi connectivity index (χ4n) is 1.02. The lowest BCUT2D eigenvalue weighted by atomic mass is 10.1. The maximum absolute atomic E-state index is 12.9. The maximum atomic E-state index is 12.9. The molecule has 0 saturated carbocycles. The monoisotopic (exact) mass is 231 g/mol. The van der Waals surface area contributed by atoms with E-state index >= 15 is 0 Å². The van der Waals surface area contributed by atoms with Crippen molar-refractivity contribution < 1.29 is 17.6 Å². The van der Waals surface area contributed by atoms with Crippen molar-refractivity contribution in [1.29, 1.82) is 0 Å². The van der Waals surface area contributed by atoms with E-state index in [0.29, 0.717) is 6.07 Å². The van der Waals surface area contributed by atoms with Crippen molar-refractivity contribution in [3.05, 3.63) is 35.1 Å². The van der Waals surface area contributed by atoms with Crippen LogP contribution in [0.2, 0.25) is 0 Å². The summed E-state index contributed by atoms with van der Waals surface area (Å²) < 4.78 is 49.8. The zero-order valence-electron chi connectivity index (χ0n) is 8.40. The van der Waals surface area contributed by atoms with Gasteiger partial charge in [0, 0.05) is 5.56 Å². The SMILES string of the molecule is CC(N)C#Cc1ccc(F)c(C(F)(F)F)c1. The van der Waals surface area contributed by atoms with E-state index < -0.39 is 23.6 Å². The summed E-state index contributed by atoms with van der Waals surface area (Å²) in [4.78, 5) is 0. The normalized spacial score (nSPS) is 12.9. The maximum Gasteiger partial charge on any atom is 0.419 e. The first-order valence-electron chi connectivity index (χ1n) is 4.44. The van der Waals surface area contributed by atoms with Crippen LogP contribution < -0.4 is 5.73 Å². The van der Waals surface area contributed by atoms with Crippen LogP contribution in [-0.4, -0.2) is 6.04 Å². The summed E-state index contributed by atoms with van der Waals surface area (Å²) >= 11 is 0. The molecule has 1 nitrogen and oxygen atoms in total. The molecule has 0 amide bonds. The topological polar surface area (TPSA) is 26.0 Å². The van der Waals surface area contributed by atoms with Crippen LogP contribution in [-0.2, 0) is 6.18 Å². The molecule has 0 aromatic heterocycles. The van der Waals surface area contributed by atoms with Crippen molar-refractivity contribution in [2.24, 2.45) is 5.73 Å². The van der Waals surface area contributed by atoms with E-state index in [4.69, 9.17) is 5.73 Å². The van der Waals surface area contributed by atoms with Crippen LogP contribution in [0.15, 0.2) is 18.2 Å². The molecule has 1 rings (SSSR count). The van der Waals surface area contributed by atoms with Crippen LogP contribution in [0.1, 0.15) is 18.1 Å². The van der Waals surface area contributed by atoms with Gasteiger partial charge in [0.1, 0.15) is 5.82 Å². The Bertz CT molecular complexity index is 438. The Labute approximate surface area is 90.3 Å². The van der Waals surface area contributed by atoms with Crippen molar-refractivity contribution >= 4 is 0 Å². The predicted molar refractivity (Wildman–Crippen MR) is 51.9 cm³/mol. The van der Waals surface area contributed by atoms with Gasteiger partial charge in [-0.1, -0.05) is 11.8 Å². The van der Waals surface area contributed by atoms with Gasteiger partial charge in [-0.15, -0.1) is 0 Å². The van der Waals surface area contributed by atoms with Crippen molar-refractivity contribution in [1.82, 2.24) is 0 Å². The fraction of sp³-hybridized carbons (Fsp3) is 0.273. The quantitative estimate of drug-likeness (QED) is 0.539. The van der Waals surface area contributed by atoms with Crippen LogP contribution >= 0.6 is 0 Å². The summed E-state index contributed by atoms with van der Waals surface area (Å²) in [6.07, 6.45) is -4.71. The highest BCUT2D eigenvalue weighted by Gasteiger charge is 2.34. The highest BCUT2D eigenvalue weighted by molar-refractivity contribution is 5.39. The van der Waals surface area contributed by atoms with Crippen LogP contribution in [0.25, 0.3) is 0 Å².